The van der Waals surface area contributed by atoms with E-state index >= 15 is 0 Å². The van der Waals surface area contributed by atoms with Crippen molar-refractivity contribution in [3.8, 4) is 0 Å². The van der Waals surface area contributed by atoms with Crippen molar-refractivity contribution in [1.82, 2.24) is 10.3 Å². The topological polar surface area (TPSA) is 95.1 Å². The van der Waals surface area contributed by atoms with Gasteiger partial charge in [0.15, 0.2) is 0 Å². The Hall–Kier alpha value is -2.11. The number of nitrogens with zero attached hydrogens (tertiary/aromatic N) is 2. The zero-order chi connectivity index (χ0) is 12.3. The van der Waals surface area contributed by atoms with Gasteiger partial charge < -0.3 is 11.1 Å². The SMILES string of the molecule is N=C(N)N(C(=O)NC1CCC1)c1cccnc1. The quantitative estimate of drug-likeness (QED) is 0.526. The normalized spacial score (nSPS) is 14.8. The van der Waals surface area contributed by atoms with Gasteiger partial charge in [-0.1, -0.05) is 0 Å². The van der Waals surface area contributed by atoms with Gasteiger partial charge in [0.1, 0.15) is 0 Å². The highest BCUT2D eigenvalue weighted by Crippen LogP contribution is 2.19. The van der Waals surface area contributed by atoms with Crippen molar-refractivity contribution in [3.63, 3.8) is 0 Å². The molecule has 1 aliphatic rings. The highest BCUT2D eigenvalue weighted by Gasteiger charge is 2.25. The molecule has 2 rings (SSSR count). The molecule has 1 fully saturated rings. The molecule has 0 bridgehead atoms. The van der Waals surface area contributed by atoms with Gasteiger partial charge in [-0.15, -0.1) is 0 Å². The van der Waals surface area contributed by atoms with E-state index < -0.39 is 0 Å². The van der Waals surface area contributed by atoms with Crippen LogP contribution in [0.3, 0.4) is 0 Å². The molecule has 0 unspecified atom stereocenters. The van der Waals surface area contributed by atoms with E-state index in [2.05, 4.69) is 10.3 Å². The Morgan fingerprint density at radius 3 is 2.82 bits per heavy atom. The lowest BCUT2D eigenvalue weighted by Gasteiger charge is -2.29. The van der Waals surface area contributed by atoms with Crippen molar-refractivity contribution in [2.45, 2.75) is 25.3 Å². The van der Waals surface area contributed by atoms with E-state index in [1.165, 1.54) is 6.20 Å². The number of hydrogen-bond donors (Lipinski definition) is 3. The molecule has 17 heavy (non-hydrogen) atoms. The van der Waals surface area contributed by atoms with Crippen LogP contribution in [0, 0.1) is 5.41 Å². The number of carbonyl (C=O) groups excluding carboxylic acids is 1. The van der Waals surface area contributed by atoms with Gasteiger partial charge in [-0.05, 0) is 31.4 Å². The first-order chi connectivity index (χ1) is 8.18. The van der Waals surface area contributed by atoms with E-state index in [-0.39, 0.29) is 18.0 Å². The van der Waals surface area contributed by atoms with Crippen LogP contribution in [-0.2, 0) is 0 Å². The van der Waals surface area contributed by atoms with E-state index in [1.54, 1.807) is 18.3 Å². The van der Waals surface area contributed by atoms with Gasteiger partial charge in [0.25, 0.3) is 0 Å². The van der Waals surface area contributed by atoms with Gasteiger partial charge in [0.2, 0.25) is 5.96 Å². The third-order valence-corrected chi connectivity index (χ3v) is 2.78. The Labute approximate surface area is 99.3 Å². The maximum atomic E-state index is 12.0. The lowest BCUT2D eigenvalue weighted by atomic mass is 9.93. The third kappa shape index (κ3) is 2.52. The van der Waals surface area contributed by atoms with Crippen LogP contribution < -0.4 is 16.0 Å². The summed E-state index contributed by atoms with van der Waals surface area (Å²) in [4.78, 5) is 17.0. The molecule has 0 spiro atoms. The van der Waals surface area contributed by atoms with E-state index in [1.807, 2.05) is 0 Å². The van der Waals surface area contributed by atoms with Gasteiger partial charge >= 0.3 is 6.03 Å². The van der Waals surface area contributed by atoms with Crippen molar-refractivity contribution in [2.75, 3.05) is 4.90 Å². The minimum atomic E-state index is -0.366. The van der Waals surface area contributed by atoms with Crippen LogP contribution >= 0.6 is 0 Å². The minimum Gasteiger partial charge on any atom is -0.369 e. The number of guanidine groups is 1. The van der Waals surface area contributed by atoms with Crippen LogP contribution in [-0.4, -0.2) is 23.0 Å². The predicted molar refractivity (Wildman–Crippen MR) is 64.8 cm³/mol. The summed E-state index contributed by atoms with van der Waals surface area (Å²) in [6, 6.07) is 3.23. The molecule has 0 aliphatic heterocycles. The van der Waals surface area contributed by atoms with Crippen LogP contribution in [0.1, 0.15) is 19.3 Å². The molecule has 0 radical (unpaired) electrons. The van der Waals surface area contributed by atoms with Crippen LogP contribution in [0.2, 0.25) is 0 Å². The monoisotopic (exact) mass is 233 g/mol. The summed E-state index contributed by atoms with van der Waals surface area (Å²) in [5.41, 5.74) is 5.92. The van der Waals surface area contributed by atoms with Gasteiger partial charge in [-0.3, -0.25) is 10.4 Å². The summed E-state index contributed by atoms with van der Waals surface area (Å²) in [6.07, 6.45) is 6.22. The summed E-state index contributed by atoms with van der Waals surface area (Å²) in [6.45, 7) is 0. The van der Waals surface area contributed by atoms with E-state index in [0.717, 1.165) is 24.2 Å². The molecule has 2 amide bonds. The van der Waals surface area contributed by atoms with E-state index in [9.17, 15) is 4.79 Å². The summed E-state index contributed by atoms with van der Waals surface area (Å²) in [5, 5.41) is 10.3. The predicted octanol–water partition coefficient (Wildman–Crippen LogP) is 1.04. The highest BCUT2D eigenvalue weighted by atomic mass is 16.2. The number of amides is 2. The molecule has 6 heteroatoms. The zero-order valence-electron chi connectivity index (χ0n) is 9.39. The zero-order valence-corrected chi connectivity index (χ0v) is 9.39. The second-order valence-corrected chi connectivity index (χ2v) is 4.01. The van der Waals surface area contributed by atoms with Crippen molar-refractivity contribution < 1.29 is 4.79 Å². The summed E-state index contributed by atoms with van der Waals surface area (Å²) in [7, 11) is 0. The average molecular weight is 233 g/mol. The van der Waals surface area contributed by atoms with E-state index in [0.29, 0.717) is 5.69 Å². The molecule has 4 N–H and O–H groups in total. The summed E-state index contributed by atoms with van der Waals surface area (Å²) < 4.78 is 0. The Morgan fingerprint density at radius 1 is 1.59 bits per heavy atom. The number of urea groups is 1. The minimum absolute atomic E-state index is 0.209. The number of rotatable bonds is 2. The number of anilines is 1. The molecular weight excluding hydrogens is 218 g/mol. The number of carbonyl (C=O) groups is 1. The molecular formula is C11H15N5O. The first kappa shape index (κ1) is 11.4. The van der Waals surface area contributed by atoms with Crippen molar-refractivity contribution in [1.29, 1.82) is 5.41 Å². The lowest BCUT2D eigenvalue weighted by Crippen LogP contribution is -2.51. The summed E-state index contributed by atoms with van der Waals surface area (Å²) >= 11 is 0. The van der Waals surface area contributed by atoms with Crippen LogP contribution in [0.25, 0.3) is 0 Å². The molecule has 1 aromatic rings. The number of hydrogen-bond acceptors (Lipinski definition) is 3. The fourth-order valence-electron chi connectivity index (χ4n) is 1.64. The first-order valence-electron chi connectivity index (χ1n) is 5.53. The molecule has 90 valence electrons. The Kier molecular flexibility index (Phi) is 3.22. The number of aromatic nitrogens is 1. The van der Waals surface area contributed by atoms with Crippen molar-refractivity contribution in [3.05, 3.63) is 24.5 Å². The molecule has 6 nitrogen and oxygen atoms in total. The Morgan fingerprint density at radius 2 is 2.35 bits per heavy atom. The number of nitrogens with one attached hydrogen (secondary N) is 2. The molecule has 0 saturated heterocycles. The van der Waals surface area contributed by atoms with Gasteiger partial charge in [-0.2, -0.15) is 0 Å². The Balaban J connectivity index is 2.11. The molecule has 1 aromatic heterocycles. The maximum Gasteiger partial charge on any atom is 0.329 e. The van der Waals surface area contributed by atoms with Crippen molar-refractivity contribution >= 4 is 17.7 Å². The molecule has 1 heterocycles. The van der Waals surface area contributed by atoms with Gasteiger partial charge in [-0.25, -0.2) is 9.69 Å². The molecule has 1 saturated carbocycles. The van der Waals surface area contributed by atoms with Crippen LogP contribution in [0.15, 0.2) is 24.5 Å². The van der Waals surface area contributed by atoms with Crippen LogP contribution in [0.5, 0.6) is 0 Å². The molecule has 0 aromatic carbocycles. The Bertz CT molecular complexity index is 415. The number of pyridine rings is 1. The standard InChI is InChI=1S/C11H15N5O/c12-10(13)16(9-5-2-6-14-7-9)11(17)15-8-3-1-4-8/h2,5-8H,1,3-4H2,(H3,12,13)(H,15,17). The van der Waals surface area contributed by atoms with Crippen LogP contribution in [0.4, 0.5) is 10.5 Å². The highest BCUT2D eigenvalue weighted by molar-refractivity contribution is 6.13. The second-order valence-electron chi connectivity index (χ2n) is 4.01. The largest absolute Gasteiger partial charge is 0.369 e. The fraction of sp³-hybridized carbons (Fsp3) is 0.364. The fourth-order valence-corrected chi connectivity index (χ4v) is 1.64. The molecule has 0 atom stereocenters. The van der Waals surface area contributed by atoms with E-state index in [4.69, 9.17) is 11.1 Å². The lowest BCUT2D eigenvalue weighted by molar-refractivity contribution is 0.236. The van der Waals surface area contributed by atoms with Crippen molar-refractivity contribution in [2.24, 2.45) is 5.73 Å². The second kappa shape index (κ2) is 4.82. The smallest absolute Gasteiger partial charge is 0.329 e. The van der Waals surface area contributed by atoms with Gasteiger partial charge in [0.05, 0.1) is 11.9 Å². The average Bonchev–Trinajstić information content (AvgIpc) is 2.25. The third-order valence-electron chi connectivity index (χ3n) is 2.78. The first-order valence-corrected chi connectivity index (χ1v) is 5.53. The number of nitrogens with two attached hydrogens (primary N) is 1. The molecule has 1 aliphatic carbocycles. The maximum absolute atomic E-state index is 12.0. The van der Waals surface area contributed by atoms with Gasteiger partial charge in [0, 0.05) is 12.2 Å². The summed E-state index contributed by atoms with van der Waals surface area (Å²) in [5.74, 6) is -0.310.